The number of anilines is 2. The van der Waals surface area contributed by atoms with Crippen LogP contribution in [0.3, 0.4) is 0 Å². The maximum absolute atomic E-state index is 12.3. The average molecular weight is 377 g/mol. The van der Waals surface area contributed by atoms with Crippen LogP contribution in [0.2, 0.25) is 0 Å². The van der Waals surface area contributed by atoms with E-state index < -0.39 is 0 Å². The molecule has 2 aromatic rings. The Morgan fingerprint density at radius 1 is 1.04 bits per heavy atom. The summed E-state index contributed by atoms with van der Waals surface area (Å²) in [6.45, 7) is 0.615. The number of carbonyl (C=O) groups is 3. The van der Waals surface area contributed by atoms with E-state index in [4.69, 9.17) is 0 Å². The summed E-state index contributed by atoms with van der Waals surface area (Å²) >= 11 is 0. The highest BCUT2D eigenvalue weighted by Crippen LogP contribution is 2.36. The van der Waals surface area contributed by atoms with Crippen LogP contribution < -0.4 is 15.5 Å². The van der Waals surface area contributed by atoms with Crippen LogP contribution in [-0.4, -0.2) is 36.2 Å². The van der Waals surface area contributed by atoms with Crippen molar-refractivity contribution in [3.63, 3.8) is 0 Å². The van der Waals surface area contributed by atoms with E-state index in [9.17, 15) is 14.4 Å². The third kappa shape index (κ3) is 3.76. The Balaban J connectivity index is 1.28. The molecule has 0 radical (unpaired) electrons. The Morgan fingerprint density at radius 2 is 1.79 bits per heavy atom. The van der Waals surface area contributed by atoms with Gasteiger partial charge >= 0.3 is 0 Å². The molecule has 2 N–H and O–H groups in total. The van der Waals surface area contributed by atoms with Gasteiger partial charge in [-0.2, -0.15) is 0 Å². The lowest BCUT2D eigenvalue weighted by molar-refractivity contribution is -0.122. The van der Waals surface area contributed by atoms with E-state index in [0.29, 0.717) is 37.8 Å². The van der Waals surface area contributed by atoms with Crippen molar-refractivity contribution in [3.8, 4) is 0 Å². The fourth-order valence-corrected chi connectivity index (χ4v) is 3.98. The van der Waals surface area contributed by atoms with Crippen LogP contribution in [0.25, 0.3) is 0 Å². The number of Topliss-reactive ketones (excluding diaryl/α,β-unsaturated/α-hetero) is 1. The number of rotatable bonds is 6. The smallest absolute Gasteiger partial charge is 0.247 e. The molecular weight excluding hydrogens is 354 g/mol. The van der Waals surface area contributed by atoms with Gasteiger partial charge in [0.05, 0.1) is 11.4 Å². The highest BCUT2D eigenvalue weighted by Gasteiger charge is 2.41. The topological polar surface area (TPSA) is 78.5 Å². The van der Waals surface area contributed by atoms with E-state index >= 15 is 0 Å². The van der Waals surface area contributed by atoms with E-state index in [0.717, 1.165) is 11.4 Å². The van der Waals surface area contributed by atoms with Crippen molar-refractivity contribution < 1.29 is 14.4 Å². The van der Waals surface area contributed by atoms with Gasteiger partial charge in [0.25, 0.3) is 0 Å². The van der Waals surface area contributed by atoms with Gasteiger partial charge in [-0.15, -0.1) is 0 Å². The van der Waals surface area contributed by atoms with Crippen LogP contribution in [0.5, 0.6) is 0 Å². The molecule has 2 aromatic carbocycles. The van der Waals surface area contributed by atoms with Crippen molar-refractivity contribution >= 4 is 29.0 Å². The second-order valence-corrected chi connectivity index (χ2v) is 7.32. The minimum absolute atomic E-state index is 0.0242. The number of nitrogens with one attached hydrogen (secondary N) is 2. The van der Waals surface area contributed by atoms with Crippen LogP contribution in [-0.2, 0) is 9.59 Å². The van der Waals surface area contributed by atoms with Crippen molar-refractivity contribution in [1.82, 2.24) is 5.32 Å². The molecule has 0 bridgehead atoms. The molecule has 1 fully saturated rings. The fourth-order valence-electron chi connectivity index (χ4n) is 3.98. The summed E-state index contributed by atoms with van der Waals surface area (Å²) in [5, 5.41) is 5.96. The number of nitrogens with zero attached hydrogens (tertiary/aromatic N) is 1. The van der Waals surface area contributed by atoms with Gasteiger partial charge in [-0.05, 0) is 25.0 Å². The summed E-state index contributed by atoms with van der Waals surface area (Å²) in [4.78, 5) is 38.8. The Kier molecular flexibility index (Phi) is 5.10. The quantitative estimate of drug-likeness (QED) is 0.759. The molecule has 28 heavy (non-hydrogen) atoms. The molecule has 2 aliphatic rings. The molecule has 0 aliphatic carbocycles. The molecule has 2 amide bonds. The molecule has 0 aromatic heterocycles. The van der Waals surface area contributed by atoms with E-state index in [1.54, 1.807) is 12.1 Å². The van der Waals surface area contributed by atoms with Gasteiger partial charge in [0.2, 0.25) is 11.8 Å². The zero-order chi connectivity index (χ0) is 19.5. The highest BCUT2D eigenvalue weighted by atomic mass is 16.2. The summed E-state index contributed by atoms with van der Waals surface area (Å²) in [5.41, 5.74) is 2.49. The summed E-state index contributed by atoms with van der Waals surface area (Å²) in [6.07, 6.45) is 1.77. The first-order chi connectivity index (χ1) is 13.6. The first-order valence-corrected chi connectivity index (χ1v) is 9.66. The van der Waals surface area contributed by atoms with E-state index in [-0.39, 0.29) is 29.7 Å². The predicted octanol–water partition coefficient (Wildman–Crippen LogP) is 2.76. The maximum Gasteiger partial charge on any atom is 0.247 e. The van der Waals surface area contributed by atoms with Crippen molar-refractivity contribution in [2.75, 3.05) is 16.8 Å². The van der Waals surface area contributed by atoms with Gasteiger partial charge in [-0.1, -0.05) is 42.5 Å². The van der Waals surface area contributed by atoms with Gasteiger partial charge < -0.3 is 15.5 Å². The third-order valence-electron chi connectivity index (χ3n) is 5.34. The average Bonchev–Trinajstić information content (AvgIpc) is 3.13. The summed E-state index contributed by atoms with van der Waals surface area (Å²) < 4.78 is 0. The molecule has 2 atom stereocenters. The molecule has 6 heteroatoms. The largest absolute Gasteiger partial charge is 0.356 e. The van der Waals surface area contributed by atoms with Gasteiger partial charge in [0.1, 0.15) is 6.04 Å². The molecule has 6 nitrogen and oxygen atoms in total. The number of amides is 2. The van der Waals surface area contributed by atoms with Crippen LogP contribution in [0.4, 0.5) is 11.4 Å². The monoisotopic (exact) mass is 377 g/mol. The van der Waals surface area contributed by atoms with Crippen molar-refractivity contribution in [1.29, 1.82) is 0 Å². The van der Waals surface area contributed by atoms with E-state index in [2.05, 4.69) is 15.5 Å². The number of hydrogen-bond acceptors (Lipinski definition) is 4. The molecule has 2 heterocycles. The number of fused-ring (bicyclic) bond motifs is 3. The molecule has 4 rings (SSSR count). The minimum Gasteiger partial charge on any atom is -0.356 e. The standard InChI is InChI=1S/C22H23N3O3/c26-20(15-7-2-1-3-8-15)11-6-12-21(27)23-16-13-19-22(28)24-17-9-4-5-10-18(17)25(19)14-16/h1-5,7-10,16,19H,6,11-14H2,(H,23,27)(H,24,28). The molecule has 1 saturated heterocycles. The molecule has 2 aliphatic heterocycles. The van der Waals surface area contributed by atoms with Gasteiger partial charge in [-0.3, -0.25) is 14.4 Å². The molecular formula is C22H23N3O3. The van der Waals surface area contributed by atoms with Crippen LogP contribution in [0, 0.1) is 0 Å². The summed E-state index contributed by atoms with van der Waals surface area (Å²) in [6, 6.07) is 16.5. The normalized spacial score (nSPS) is 20.1. The van der Waals surface area contributed by atoms with Crippen LogP contribution in [0.1, 0.15) is 36.0 Å². The summed E-state index contributed by atoms with van der Waals surface area (Å²) in [7, 11) is 0. The Labute approximate surface area is 163 Å². The lowest BCUT2D eigenvalue weighted by Crippen LogP contribution is -2.44. The Bertz CT molecular complexity index is 897. The zero-order valence-electron chi connectivity index (χ0n) is 15.6. The fraction of sp³-hybridized carbons (Fsp3) is 0.318. The summed E-state index contributed by atoms with van der Waals surface area (Å²) in [5.74, 6) is -0.0389. The maximum atomic E-state index is 12.3. The Morgan fingerprint density at radius 3 is 2.61 bits per heavy atom. The lowest BCUT2D eigenvalue weighted by Gasteiger charge is -2.32. The molecule has 2 unspecified atom stereocenters. The molecule has 0 saturated carbocycles. The zero-order valence-corrected chi connectivity index (χ0v) is 15.6. The number of hydrogen-bond donors (Lipinski definition) is 2. The number of benzene rings is 2. The second-order valence-electron chi connectivity index (χ2n) is 7.32. The first-order valence-electron chi connectivity index (χ1n) is 9.66. The van der Waals surface area contributed by atoms with Gasteiger partial charge in [-0.25, -0.2) is 0 Å². The van der Waals surface area contributed by atoms with Crippen molar-refractivity contribution in [2.45, 2.75) is 37.8 Å². The Hall–Kier alpha value is -3.15. The predicted molar refractivity (Wildman–Crippen MR) is 107 cm³/mol. The SMILES string of the molecule is O=C(CCCC(=O)c1ccccc1)NC1CC2C(=O)Nc3ccccc3N2C1. The van der Waals surface area contributed by atoms with Crippen molar-refractivity contribution in [2.24, 2.45) is 0 Å². The third-order valence-corrected chi connectivity index (χ3v) is 5.34. The highest BCUT2D eigenvalue weighted by molar-refractivity contribution is 6.04. The number of ketones is 1. The lowest BCUT2D eigenvalue weighted by atomic mass is 10.1. The second kappa shape index (κ2) is 7.84. The van der Waals surface area contributed by atoms with E-state index in [1.807, 2.05) is 42.5 Å². The van der Waals surface area contributed by atoms with Gasteiger partial charge in [0, 0.05) is 31.0 Å². The van der Waals surface area contributed by atoms with Crippen LogP contribution in [0.15, 0.2) is 54.6 Å². The van der Waals surface area contributed by atoms with Crippen LogP contribution >= 0.6 is 0 Å². The number of carbonyl (C=O) groups excluding carboxylic acids is 3. The minimum atomic E-state index is -0.250. The number of para-hydroxylation sites is 2. The van der Waals surface area contributed by atoms with Gasteiger partial charge in [0.15, 0.2) is 5.78 Å². The molecule has 144 valence electrons. The first kappa shape index (κ1) is 18.2. The van der Waals surface area contributed by atoms with E-state index in [1.165, 1.54) is 0 Å². The van der Waals surface area contributed by atoms with Crippen molar-refractivity contribution in [3.05, 3.63) is 60.2 Å². The molecule has 0 spiro atoms.